The van der Waals surface area contributed by atoms with Gasteiger partial charge in [-0.15, -0.1) is 24.8 Å². The molecule has 0 bridgehead atoms. The molecular formula is C23H25Cl2F2N5O3S. The van der Waals surface area contributed by atoms with E-state index in [9.17, 15) is 18.7 Å². The van der Waals surface area contributed by atoms with Gasteiger partial charge in [-0.25, -0.2) is 8.78 Å². The number of fused-ring (bicyclic) bond motifs is 1. The van der Waals surface area contributed by atoms with Crippen molar-refractivity contribution in [1.82, 2.24) is 24.8 Å². The van der Waals surface area contributed by atoms with Crippen molar-refractivity contribution in [2.24, 2.45) is 0 Å². The number of hydrogen-bond acceptors (Lipinski definition) is 8. The van der Waals surface area contributed by atoms with Crippen LogP contribution in [-0.4, -0.2) is 56.2 Å². The van der Waals surface area contributed by atoms with Crippen molar-refractivity contribution in [3.05, 3.63) is 57.8 Å². The maximum absolute atomic E-state index is 14.8. The number of aliphatic hydroxyl groups is 1. The average Bonchev–Trinajstić information content (AvgIpc) is 3.42. The molecule has 8 nitrogen and oxygen atoms in total. The zero-order chi connectivity index (χ0) is 23.4. The van der Waals surface area contributed by atoms with Gasteiger partial charge in [0.1, 0.15) is 17.4 Å². The Morgan fingerprint density at radius 2 is 1.94 bits per heavy atom. The van der Waals surface area contributed by atoms with Crippen LogP contribution < -0.4 is 15.6 Å². The van der Waals surface area contributed by atoms with Gasteiger partial charge in [0.2, 0.25) is 0 Å². The summed E-state index contributed by atoms with van der Waals surface area (Å²) < 4.78 is 35.4. The number of aromatic nitrogens is 3. The molecular weight excluding hydrogens is 535 g/mol. The minimum atomic E-state index is -1.63. The van der Waals surface area contributed by atoms with Crippen molar-refractivity contribution in [2.45, 2.75) is 42.5 Å². The number of rotatable bonds is 5. The summed E-state index contributed by atoms with van der Waals surface area (Å²) in [5.74, 6) is -0.184. The lowest BCUT2D eigenvalue weighted by molar-refractivity contribution is -0.0160. The van der Waals surface area contributed by atoms with Crippen LogP contribution in [0.4, 0.5) is 8.78 Å². The first-order valence-corrected chi connectivity index (χ1v) is 12.2. The normalized spacial score (nSPS) is 21.1. The number of halogens is 4. The molecule has 0 saturated carbocycles. The topological polar surface area (TPSA) is 92.5 Å². The highest BCUT2D eigenvalue weighted by molar-refractivity contribution is 7.99. The molecule has 0 aromatic carbocycles. The maximum atomic E-state index is 14.8. The molecule has 0 unspecified atom stereocenters. The first-order valence-electron chi connectivity index (χ1n) is 11.2. The molecule has 0 radical (unpaired) electrons. The fourth-order valence-electron chi connectivity index (χ4n) is 5.20. The zero-order valence-electron chi connectivity index (χ0n) is 19.1. The monoisotopic (exact) mass is 559 g/mol. The van der Waals surface area contributed by atoms with Crippen molar-refractivity contribution in [3.8, 4) is 5.75 Å². The van der Waals surface area contributed by atoms with Crippen molar-refractivity contribution < 1.29 is 18.6 Å². The van der Waals surface area contributed by atoms with E-state index < -0.39 is 22.8 Å². The third-order valence-corrected chi connectivity index (χ3v) is 7.73. The molecule has 3 aromatic heterocycles. The highest BCUT2D eigenvalue weighted by atomic mass is 35.5. The average molecular weight is 560 g/mol. The lowest BCUT2D eigenvalue weighted by Crippen LogP contribution is -2.48. The summed E-state index contributed by atoms with van der Waals surface area (Å²) in [6.45, 7) is 2.03. The van der Waals surface area contributed by atoms with E-state index in [0.717, 1.165) is 46.0 Å². The van der Waals surface area contributed by atoms with Crippen LogP contribution in [0.5, 0.6) is 5.75 Å². The lowest BCUT2D eigenvalue weighted by atomic mass is 9.93. The Hall–Kier alpha value is -2.02. The first kappa shape index (κ1) is 27.0. The summed E-state index contributed by atoms with van der Waals surface area (Å²) in [6, 6.07) is 3.35. The van der Waals surface area contributed by atoms with E-state index in [-0.39, 0.29) is 54.5 Å². The number of pyridine rings is 3. The SMILES string of the molecule is Cl.Cl.O=c1c(F)cc2ncc(F)c3c2n1C[C@@]3(O)CN1CCC(NCc2cc3c(cn2)OCS3)CC1. The van der Waals surface area contributed by atoms with Crippen LogP contribution >= 0.6 is 36.6 Å². The summed E-state index contributed by atoms with van der Waals surface area (Å²) in [4.78, 5) is 23.9. The molecule has 1 fully saturated rings. The van der Waals surface area contributed by atoms with Gasteiger partial charge in [-0.2, -0.15) is 0 Å². The van der Waals surface area contributed by atoms with Gasteiger partial charge in [-0.3, -0.25) is 19.7 Å². The van der Waals surface area contributed by atoms with Crippen LogP contribution in [0.3, 0.4) is 0 Å². The second kappa shape index (κ2) is 10.4. The zero-order valence-corrected chi connectivity index (χ0v) is 21.5. The quantitative estimate of drug-likeness (QED) is 0.493. The Balaban J connectivity index is 0.00000152. The minimum Gasteiger partial charge on any atom is -0.480 e. The van der Waals surface area contributed by atoms with Crippen molar-refractivity contribution in [2.75, 3.05) is 25.6 Å². The van der Waals surface area contributed by atoms with Gasteiger partial charge < -0.3 is 19.7 Å². The molecule has 6 rings (SSSR count). The van der Waals surface area contributed by atoms with E-state index in [1.165, 1.54) is 0 Å². The van der Waals surface area contributed by atoms with Crippen LogP contribution in [0.1, 0.15) is 24.1 Å². The van der Waals surface area contributed by atoms with Gasteiger partial charge in [0, 0.05) is 25.2 Å². The summed E-state index contributed by atoms with van der Waals surface area (Å²) in [5.41, 5.74) is -1.16. The lowest BCUT2D eigenvalue weighted by Gasteiger charge is -2.37. The van der Waals surface area contributed by atoms with Crippen LogP contribution in [0.2, 0.25) is 0 Å². The van der Waals surface area contributed by atoms with Gasteiger partial charge in [0.25, 0.3) is 5.56 Å². The Kier molecular flexibility index (Phi) is 7.80. The van der Waals surface area contributed by atoms with E-state index in [1.807, 2.05) is 0 Å². The molecule has 0 amide bonds. The van der Waals surface area contributed by atoms with Crippen LogP contribution in [0.15, 0.2) is 34.2 Å². The standard InChI is InChI=1S/C23H23F2N5O3S.2ClH/c24-15-6-17-21-20(16(25)8-28-17)23(32,11-30(21)22(15)31)10-29-3-1-13(2-4-29)26-7-14-5-19-18(9-27-14)33-12-34-19;;/h5-6,8-9,13,26,32H,1-4,7,10-12H2;2*1H/t23-;;/m0../s1. The Bertz CT molecular complexity index is 1360. The first-order chi connectivity index (χ1) is 16.4. The predicted octanol–water partition coefficient (Wildman–Crippen LogP) is 2.81. The number of likely N-dealkylation sites (tertiary alicyclic amines) is 1. The van der Waals surface area contributed by atoms with Gasteiger partial charge in [-0.05, 0) is 32.0 Å². The van der Waals surface area contributed by atoms with E-state index in [1.54, 1.807) is 18.0 Å². The smallest absolute Gasteiger partial charge is 0.287 e. The summed E-state index contributed by atoms with van der Waals surface area (Å²) in [7, 11) is 0. The highest BCUT2D eigenvalue weighted by Crippen LogP contribution is 2.38. The van der Waals surface area contributed by atoms with E-state index in [2.05, 4.69) is 26.3 Å². The molecule has 3 aliphatic rings. The van der Waals surface area contributed by atoms with Crippen LogP contribution in [0, 0.1) is 11.6 Å². The van der Waals surface area contributed by atoms with E-state index in [0.29, 0.717) is 31.6 Å². The fraction of sp³-hybridized carbons (Fsp3) is 0.435. The molecule has 13 heteroatoms. The number of thioether (sulfide) groups is 1. The third-order valence-electron chi connectivity index (χ3n) is 6.86. The van der Waals surface area contributed by atoms with Gasteiger partial charge >= 0.3 is 0 Å². The van der Waals surface area contributed by atoms with E-state index in [4.69, 9.17) is 4.74 Å². The fourth-order valence-corrected chi connectivity index (χ4v) is 5.99. The number of ether oxygens (including phenoxy) is 1. The van der Waals surface area contributed by atoms with Crippen molar-refractivity contribution in [1.29, 1.82) is 0 Å². The maximum Gasteiger partial charge on any atom is 0.287 e. The van der Waals surface area contributed by atoms with Crippen LogP contribution in [0.25, 0.3) is 11.0 Å². The van der Waals surface area contributed by atoms with E-state index >= 15 is 0 Å². The molecule has 3 aromatic rings. The second-order valence-electron chi connectivity index (χ2n) is 9.09. The predicted molar refractivity (Wildman–Crippen MR) is 136 cm³/mol. The van der Waals surface area contributed by atoms with Crippen molar-refractivity contribution in [3.63, 3.8) is 0 Å². The molecule has 194 valence electrons. The van der Waals surface area contributed by atoms with Gasteiger partial charge in [-0.1, -0.05) is 11.8 Å². The van der Waals surface area contributed by atoms with Gasteiger partial charge in [0.15, 0.2) is 11.6 Å². The van der Waals surface area contributed by atoms with Crippen molar-refractivity contribution >= 4 is 47.6 Å². The minimum absolute atomic E-state index is 0. The number of nitrogens with zero attached hydrogens (tertiary/aromatic N) is 4. The molecule has 1 atom stereocenters. The molecule has 0 spiro atoms. The number of β-amino-alcohol motifs (C(OH)–C–C–N with tert-alkyl or cyclic N) is 1. The summed E-state index contributed by atoms with van der Waals surface area (Å²) in [5, 5.41) is 15.0. The molecule has 6 heterocycles. The number of nitrogens with one attached hydrogen (secondary N) is 1. The number of hydrogen-bond donors (Lipinski definition) is 2. The Labute approximate surface area is 222 Å². The summed E-state index contributed by atoms with van der Waals surface area (Å²) >= 11 is 1.66. The molecule has 2 N–H and O–H groups in total. The Morgan fingerprint density at radius 3 is 2.72 bits per heavy atom. The van der Waals surface area contributed by atoms with Crippen LogP contribution in [-0.2, 0) is 18.7 Å². The number of piperidine rings is 1. The highest BCUT2D eigenvalue weighted by Gasteiger charge is 2.43. The molecule has 36 heavy (non-hydrogen) atoms. The molecule has 0 aliphatic carbocycles. The third kappa shape index (κ3) is 4.68. The Morgan fingerprint density at radius 1 is 1.17 bits per heavy atom. The molecule has 1 saturated heterocycles. The molecule has 3 aliphatic heterocycles. The largest absolute Gasteiger partial charge is 0.480 e. The van der Waals surface area contributed by atoms with Gasteiger partial charge in [0.05, 0.1) is 46.1 Å². The second-order valence-corrected chi connectivity index (χ2v) is 10.1. The summed E-state index contributed by atoms with van der Waals surface area (Å²) in [6.07, 6.45) is 4.46.